The molecule has 0 bridgehead atoms. The molecule has 0 aromatic heterocycles. The van der Waals surface area contributed by atoms with Gasteiger partial charge in [-0.3, -0.25) is 0 Å². The van der Waals surface area contributed by atoms with Crippen LogP contribution in [-0.2, 0) is 6.54 Å². The Morgan fingerprint density at radius 1 is 0.724 bits per heavy atom. The van der Waals surface area contributed by atoms with Crippen LogP contribution in [0.1, 0.15) is 113 Å². The summed E-state index contributed by atoms with van der Waals surface area (Å²) >= 11 is 0. The van der Waals surface area contributed by atoms with Crippen molar-refractivity contribution in [3.63, 3.8) is 0 Å². The van der Waals surface area contributed by atoms with E-state index in [4.69, 9.17) is 5.11 Å². The summed E-state index contributed by atoms with van der Waals surface area (Å²) < 4.78 is 0.963. The maximum atomic E-state index is 11.0. The van der Waals surface area contributed by atoms with Gasteiger partial charge in [0.05, 0.1) is 26.2 Å². The smallest absolute Gasteiger partial charge is 0.335 e. The second-order valence-corrected chi connectivity index (χ2v) is 9.42. The van der Waals surface area contributed by atoms with Crippen molar-refractivity contribution >= 4 is 5.97 Å². The molecular weight excluding hydrogens is 358 g/mol. The van der Waals surface area contributed by atoms with Crippen molar-refractivity contribution in [3.05, 3.63) is 35.4 Å². The van der Waals surface area contributed by atoms with Crippen molar-refractivity contribution in [1.29, 1.82) is 0 Å². The molecule has 3 heteroatoms. The maximum absolute atomic E-state index is 11.0. The molecular formula is C26H46NO2+. The summed E-state index contributed by atoms with van der Waals surface area (Å²) in [4.78, 5) is 11.0. The van der Waals surface area contributed by atoms with Crippen molar-refractivity contribution in [2.75, 3.05) is 20.6 Å². The number of hydrogen-bond acceptors (Lipinski definition) is 1. The van der Waals surface area contributed by atoms with Gasteiger partial charge in [0.15, 0.2) is 0 Å². The summed E-state index contributed by atoms with van der Waals surface area (Å²) in [7, 11) is 4.54. The highest BCUT2D eigenvalue weighted by molar-refractivity contribution is 5.87. The van der Waals surface area contributed by atoms with Gasteiger partial charge in [-0.1, -0.05) is 96.1 Å². The van der Waals surface area contributed by atoms with E-state index < -0.39 is 5.97 Å². The molecule has 0 unspecified atom stereocenters. The number of aromatic carboxylic acids is 1. The van der Waals surface area contributed by atoms with Gasteiger partial charge in [0, 0.05) is 5.56 Å². The van der Waals surface area contributed by atoms with Gasteiger partial charge >= 0.3 is 5.97 Å². The number of benzene rings is 1. The Bertz CT molecular complexity index is 536. The topological polar surface area (TPSA) is 37.3 Å². The molecule has 0 saturated carbocycles. The van der Waals surface area contributed by atoms with Gasteiger partial charge in [-0.05, 0) is 25.0 Å². The third kappa shape index (κ3) is 13.5. The highest BCUT2D eigenvalue weighted by Crippen LogP contribution is 2.15. The average molecular weight is 405 g/mol. The highest BCUT2D eigenvalue weighted by Gasteiger charge is 2.15. The Labute approximate surface area is 180 Å². The number of quaternary nitrogens is 1. The minimum absolute atomic E-state index is 0.367. The summed E-state index contributed by atoms with van der Waals surface area (Å²) in [5.41, 5.74) is 1.58. The lowest BCUT2D eigenvalue weighted by atomic mass is 10.0. The normalized spacial score (nSPS) is 11.7. The Hall–Kier alpha value is -1.35. The van der Waals surface area contributed by atoms with E-state index in [-0.39, 0.29) is 0 Å². The molecule has 0 atom stereocenters. The number of hydrogen-bond donors (Lipinski definition) is 1. The zero-order chi connectivity index (χ0) is 21.4. The highest BCUT2D eigenvalue weighted by atomic mass is 16.4. The van der Waals surface area contributed by atoms with Crippen LogP contribution in [0.15, 0.2) is 24.3 Å². The summed E-state index contributed by atoms with van der Waals surface area (Å²) in [6.45, 7) is 4.42. The van der Waals surface area contributed by atoms with Crippen LogP contribution in [0, 0.1) is 0 Å². The van der Waals surface area contributed by atoms with Crippen LogP contribution in [0.3, 0.4) is 0 Å². The first-order valence-electron chi connectivity index (χ1n) is 12.1. The van der Waals surface area contributed by atoms with E-state index in [0.717, 1.165) is 11.0 Å². The molecule has 0 spiro atoms. The van der Waals surface area contributed by atoms with Gasteiger partial charge in [0.1, 0.15) is 6.54 Å². The van der Waals surface area contributed by atoms with Crippen LogP contribution in [0.2, 0.25) is 0 Å². The monoisotopic (exact) mass is 404 g/mol. The predicted octanol–water partition coefficient (Wildman–Crippen LogP) is 7.44. The van der Waals surface area contributed by atoms with E-state index in [9.17, 15) is 4.79 Å². The van der Waals surface area contributed by atoms with Crippen LogP contribution in [0.5, 0.6) is 0 Å². The van der Waals surface area contributed by atoms with Crippen LogP contribution in [0.25, 0.3) is 0 Å². The van der Waals surface area contributed by atoms with Gasteiger partial charge < -0.3 is 9.59 Å². The largest absolute Gasteiger partial charge is 0.478 e. The lowest BCUT2D eigenvalue weighted by Gasteiger charge is -2.30. The van der Waals surface area contributed by atoms with E-state index in [0.29, 0.717) is 5.56 Å². The number of carbonyl (C=O) groups is 1. The van der Waals surface area contributed by atoms with Gasteiger partial charge in [0.25, 0.3) is 0 Å². The quantitative estimate of drug-likeness (QED) is 0.204. The molecule has 0 amide bonds. The van der Waals surface area contributed by atoms with Crippen LogP contribution in [-0.4, -0.2) is 36.2 Å². The van der Waals surface area contributed by atoms with Gasteiger partial charge in [0.2, 0.25) is 0 Å². The lowest BCUT2D eigenvalue weighted by Crippen LogP contribution is -2.39. The lowest BCUT2D eigenvalue weighted by molar-refractivity contribution is -0.903. The Morgan fingerprint density at radius 3 is 1.55 bits per heavy atom. The minimum Gasteiger partial charge on any atom is -0.478 e. The summed E-state index contributed by atoms with van der Waals surface area (Å²) in [5.74, 6) is -0.854. The van der Waals surface area contributed by atoms with Crippen molar-refractivity contribution in [3.8, 4) is 0 Å². The van der Waals surface area contributed by atoms with Gasteiger partial charge in [-0.2, -0.15) is 0 Å². The van der Waals surface area contributed by atoms with Gasteiger partial charge in [-0.15, -0.1) is 0 Å². The molecule has 3 nitrogen and oxygen atoms in total. The zero-order valence-electron chi connectivity index (χ0n) is 19.4. The van der Waals surface area contributed by atoms with Crippen LogP contribution < -0.4 is 0 Å². The van der Waals surface area contributed by atoms with E-state index in [1.165, 1.54) is 102 Å². The molecule has 0 radical (unpaired) electrons. The van der Waals surface area contributed by atoms with Crippen LogP contribution >= 0.6 is 0 Å². The number of unbranched alkanes of at least 4 members (excludes halogenated alkanes) is 13. The number of carboxylic acid groups (broad SMARTS) is 1. The fraction of sp³-hybridized carbons (Fsp3) is 0.731. The van der Waals surface area contributed by atoms with Crippen molar-refractivity contribution < 1.29 is 14.4 Å². The molecule has 0 aliphatic rings. The van der Waals surface area contributed by atoms with Crippen molar-refractivity contribution in [2.24, 2.45) is 0 Å². The molecule has 1 aromatic carbocycles. The molecule has 0 fully saturated rings. The zero-order valence-corrected chi connectivity index (χ0v) is 19.4. The van der Waals surface area contributed by atoms with E-state index in [2.05, 4.69) is 21.0 Å². The molecule has 1 N–H and O–H groups in total. The average Bonchev–Trinajstić information content (AvgIpc) is 2.68. The standard InChI is InChI=1S/C26H45NO2/c1-4-5-6-7-8-9-10-11-12-13-14-15-16-17-22-27(2,3)23-24-18-20-25(21-19-24)26(28)29/h18-21H,4-17,22-23H2,1-3H3/p+1. The summed E-state index contributed by atoms with van der Waals surface area (Å²) in [6, 6.07) is 7.33. The molecule has 1 rings (SSSR count). The van der Waals surface area contributed by atoms with Crippen molar-refractivity contribution in [1.82, 2.24) is 0 Å². The number of carboxylic acids is 1. The molecule has 166 valence electrons. The third-order valence-corrected chi connectivity index (χ3v) is 5.93. The van der Waals surface area contributed by atoms with Crippen molar-refractivity contribution in [2.45, 2.75) is 103 Å². The second-order valence-electron chi connectivity index (χ2n) is 9.42. The minimum atomic E-state index is -0.854. The number of rotatable bonds is 18. The van der Waals surface area contributed by atoms with Gasteiger partial charge in [-0.25, -0.2) is 4.79 Å². The first-order chi connectivity index (χ1) is 13.9. The first-order valence-corrected chi connectivity index (χ1v) is 12.1. The molecule has 0 heterocycles. The van der Waals surface area contributed by atoms with E-state index >= 15 is 0 Å². The first kappa shape index (κ1) is 25.7. The molecule has 0 aliphatic heterocycles. The fourth-order valence-corrected chi connectivity index (χ4v) is 4.06. The predicted molar refractivity (Wildman–Crippen MR) is 124 cm³/mol. The number of nitrogens with zero attached hydrogens (tertiary/aromatic N) is 1. The Kier molecular flexibility index (Phi) is 13.7. The second kappa shape index (κ2) is 15.5. The Morgan fingerprint density at radius 2 is 1.14 bits per heavy atom. The molecule has 0 aliphatic carbocycles. The Balaban J connectivity index is 1.98. The molecule has 0 saturated heterocycles. The SMILES string of the molecule is CCCCCCCCCCCCCCCC[N+](C)(C)Cc1ccc(C(=O)O)cc1. The fourth-order valence-electron chi connectivity index (χ4n) is 4.06. The van der Waals surface area contributed by atoms with E-state index in [1.54, 1.807) is 12.1 Å². The van der Waals surface area contributed by atoms with E-state index in [1.807, 2.05) is 12.1 Å². The maximum Gasteiger partial charge on any atom is 0.335 e. The molecule has 1 aromatic rings. The van der Waals surface area contributed by atoms with Crippen LogP contribution in [0.4, 0.5) is 0 Å². The molecule has 29 heavy (non-hydrogen) atoms. The third-order valence-electron chi connectivity index (χ3n) is 5.93. The summed E-state index contributed by atoms with van der Waals surface area (Å²) in [5, 5.41) is 9.00. The summed E-state index contributed by atoms with van der Waals surface area (Å²) in [6.07, 6.45) is 19.6.